The van der Waals surface area contributed by atoms with E-state index in [1.807, 2.05) is 18.2 Å². The molecule has 0 aromatic heterocycles. The first-order valence-electron chi connectivity index (χ1n) is 6.63. The van der Waals surface area contributed by atoms with Gasteiger partial charge in [0, 0.05) is 0 Å². The van der Waals surface area contributed by atoms with E-state index >= 15 is 0 Å². The largest absolute Gasteiger partial charge is 0.497 e. The normalized spacial score (nSPS) is 10.2. The second-order valence-corrected chi connectivity index (χ2v) is 4.66. The van der Waals surface area contributed by atoms with Crippen LogP contribution < -0.4 is 4.74 Å². The molecule has 0 radical (unpaired) electrons. The van der Waals surface area contributed by atoms with E-state index in [4.69, 9.17) is 4.74 Å². The maximum atomic E-state index is 5.16. The SMILES string of the molecule is C=CCc1ccc(CCc2ccc(OC)cc2)cc1. The highest BCUT2D eigenvalue weighted by atomic mass is 16.5. The van der Waals surface area contributed by atoms with Gasteiger partial charge in [-0.05, 0) is 48.1 Å². The molecule has 0 N–H and O–H groups in total. The summed E-state index contributed by atoms with van der Waals surface area (Å²) in [5.74, 6) is 0.914. The van der Waals surface area contributed by atoms with Crippen molar-refractivity contribution in [2.45, 2.75) is 19.3 Å². The second kappa shape index (κ2) is 6.79. The van der Waals surface area contributed by atoms with Gasteiger partial charge in [0.15, 0.2) is 0 Å². The molecular formula is C18H20O. The van der Waals surface area contributed by atoms with E-state index in [-0.39, 0.29) is 0 Å². The first-order valence-corrected chi connectivity index (χ1v) is 6.63. The maximum Gasteiger partial charge on any atom is 0.118 e. The molecule has 0 saturated carbocycles. The molecule has 0 aliphatic heterocycles. The molecular weight excluding hydrogens is 232 g/mol. The number of methoxy groups -OCH3 is 1. The highest BCUT2D eigenvalue weighted by Crippen LogP contribution is 2.14. The second-order valence-electron chi connectivity index (χ2n) is 4.66. The molecule has 2 rings (SSSR count). The Labute approximate surface area is 115 Å². The van der Waals surface area contributed by atoms with Crippen molar-refractivity contribution in [1.82, 2.24) is 0 Å². The van der Waals surface area contributed by atoms with Crippen LogP contribution in [-0.2, 0) is 19.3 Å². The third-order valence-corrected chi connectivity index (χ3v) is 3.26. The lowest BCUT2D eigenvalue weighted by Crippen LogP contribution is -1.92. The number of rotatable bonds is 6. The molecule has 0 heterocycles. The van der Waals surface area contributed by atoms with E-state index in [0.717, 1.165) is 25.0 Å². The molecule has 0 saturated heterocycles. The highest BCUT2D eigenvalue weighted by Gasteiger charge is 1.97. The van der Waals surface area contributed by atoms with Gasteiger partial charge in [0.25, 0.3) is 0 Å². The van der Waals surface area contributed by atoms with Crippen LogP contribution in [0.5, 0.6) is 5.75 Å². The van der Waals surface area contributed by atoms with Gasteiger partial charge in [-0.1, -0.05) is 42.5 Å². The van der Waals surface area contributed by atoms with Crippen molar-refractivity contribution >= 4 is 0 Å². The van der Waals surface area contributed by atoms with Gasteiger partial charge >= 0.3 is 0 Å². The van der Waals surface area contributed by atoms with Crippen LogP contribution in [0.3, 0.4) is 0 Å². The third-order valence-electron chi connectivity index (χ3n) is 3.26. The lowest BCUT2D eigenvalue weighted by atomic mass is 10.0. The number of benzene rings is 2. The number of allylic oxidation sites excluding steroid dienone is 1. The van der Waals surface area contributed by atoms with Crippen molar-refractivity contribution in [3.8, 4) is 5.75 Å². The topological polar surface area (TPSA) is 9.23 Å². The number of hydrogen-bond acceptors (Lipinski definition) is 1. The molecule has 2 aromatic rings. The van der Waals surface area contributed by atoms with Crippen molar-refractivity contribution in [2.24, 2.45) is 0 Å². The molecule has 0 fully saturated rings. The summed E-state index contributed by atoms with van der Waals surface area (Å²) >= 11 is 0. The van der Waals surface area contributed by atoms with Gasteiger partial charge in [-0.2, -0.15) is 0 Å². The zero-order valence-corrected chi connectivity index (χ0v) is 11.4. The molecule has 0 atom stereocenters. The quantitative estimate of drug-likeness (QED) is 0.700. The Balaban J connectivity index is 1.91. The average molecular weight is 252 g/mol. The smallest absolute Gasteiger partial charge is 0.118 e. The Kier molecular flexibility index (Phi) is 4.79. The number of aryl methyl sites for hydroxylation is 2. The zero-order valence-electron chi connectivity index (χ0n) is 11.4. The Morgan fingerprint density at radius 2 is 1.32 bits per heavy atom. The van der Waals surface area contributed by atoms with Gasteiger partial charge in [0.05, 0.1) is 7.11 Å². The minimum atomic E-state index is 0.914. The molecule has 0 unspecified atom stereocenters. The highest BCUT2D eigenvalue weighted by molar-refractivity contribution is 5.29. The first-order chi connectivity index (χ1) is 9.31. The van der Waals surface area contributed by atoms with Crippen LogP contribution in [0, 0.1) is 0 Å². The summed E-state index contributed by atoms with van der Waals surface area (Å²) in [6, 6.07) is 17.1. The fourth-order valence-electron chi connectivity index (χ4n) is 2.09. The molecule has 2 aromatic carbocycles. The molecule has 0 aliphatic rings. The summed E-state index contributed by atoms with van der Waals surface area (Å²) < 4.78 is 5.16. The monoisotopic (exact) mass is 252 g/mol. The first kappa shape index (κ1) is 13.4. The fraction of sp³-hybridized carbons (Fsp3) is 0.222. The minimum absolute atomic E-state index is 0.914. The van der Waals surface area contributed by atoms with Crippen LogP contribution in [0.1, 0.15) is 16.7 Å². The minimum Gasteiger partial charge on any atom is -0.497 e. The van der Waals surface area contributed by atoms with Gasteiger partial charge in [-0.25, -0.2) is 0 Å². The van der Waals surface area contributed by atoms with Gasteiger partial charge in [-0.3, -0.25) is 0 Å². The Hall–Kier alpha value is -2.02. The molecule has 0 aliphatic carbocycles. The summed E-state index contributed by atoms with van der Waals surface area (Å²) in [5.41, 5.74) is 4.04. The Morgan fingerprint density at radius 3 is 1.79 bits per heavy atom. The van der Waals surface area contributed by atoms with Crippen LogP contribution >= 0.6 is 0 Å². The Morgan fingerprint density at radius 1 is 0.842 bits per heavy atom. The molecule has 0 amide bonds. The molecule has 0 spiro atoms. The van der Waals surface area contributed by atoms with E-state index in [1.54, 1.807) is 7.11 Å². The van der Waals surface area contributed by atoms with E-state index in [1.165, 1.54) is 16.7 Å². The van der Waals surface area contributed by atoms with Gasteiger partial charge < -0.3 is 4.74 Å². The summed E-state index contributed by atoms with van der Waals surface area (Å²) in [4.78, 5) is 0. The van der Waals surface area contributed by atoms with Gasteiger partial charge in [0.2, 0.25) is 0 Å². The van der Waals surface area contributed by atoms with Crippen molar-refractivity contribution in [3.63, 3.8) is 0 Å². The van der Waals surface area contributed by atoms with Crippen molar-refractivity contribution in [3.05, 3.63) is 77.9 Å². The summed E-state index contributed by atoms with van der Waals surface area (Å²) in [7, 11) is 1.69. The van der Waals surface area contributed by atoms with Crippen molar-refractivity contribution in [1.29, 1.82) is 0 Å². The van der Waals surface area contributed by atoms with Crippen LogP contribution in [0.15, 0.2) is 61.2 Å². The maximum absolute atomic E-state index is 5.16. The van der Waals surface area contributed by atoms with Crippen molar-refractivity contribution in [2.75, 3.05) is 7.11 Å². The summed E-state index contributed by atoms with van der Waals surface area (Å²) in [6.07, 6.45) is 5.01. The molecule has 1 heteroatoms. The predicted octanol–water partition coefficient (Wildman–Crippen LogP) is 4.21. The van der Waals surface area contributed by atoms with E-state index in [9.17, 15) is 0 Å². The Bertz CT molecular complexity index is 508. The average Bonchev–Trinajstić information content (AvgIpc) is 2.47. The van der Waals surface area contributed by atoms with Gasteiger partial charge in [-0.15, -0.1) is 6.58 Å². The molecule has 98 valence electrons. The molecule has 1 nitrogen and oxygen atoms in total. The third kappa shape index (κ3) is 3.99. The zero-order chi connectivity index (χ0) is 13.5. The van der Waals surface area contributed by atoms with Crippen molar-refractivity contribution < 1.29 is 4.74 Å². The van der Waals surface area contributed by atoms with E-state index in [2.05, 4.69) is 43.0 Å². The van der Waals surface area contributed by atoms with E-state index in [0.29, 0.717) is 0 Å². The van der Waals surface area contributed by atoms with Gasteiger partial charge in [0.1, 0.15) is 5.75 Å². The van der Waals surface area contributed by atoms with Crippen LogP contribution in [0.2, 0.25) is 0 Å². The molecule has 0 bridgehead atoms. The lowest BCUT2D eigenvalue weighted by Gasteiger charge is -2.05. The number of hydrogen-bond donors (Lipinski definition) is 0. The van der Waals surface area contributed by atoms with Crippen LogP contribution in [-0.4, -0.2) is 7.11 Å². The molecule has 19 heavy (non-hydrogen) atoms. The fourth-order valence-corrected chi connectivity index (χ4v) is 2.09. The van der Waals surface area contributed by atoms with Crippen LogP contribution in [0.25, 0.3) is 0 Å². The number of ether oxygens (including phenoxy) is 1. The standard InChI is InChI=1S/C18H20O/c1-3-4-15-5-7-16(8-6-15)9-10-17-11-13-18(19-2)14-12-17/h3,5-8,11-14H,1,4,9-10H2,2H3. The summed E-state index contributed by atoms with van der Waals surface area (Å²) in [6.45, 7) is 3.76. The van der Waals surface area contributed by atoms with E-state index < -0.39 is 0 Å². The lowest BCUT2D eigenvalue weighted by molar-refractivity contribution is 0.414. The summed E-state index contributed by atoms with van der Waals surface area (Å²) in [5, 5.41) is 0. The predicted molar refractivity (Wildman–Crippen MR) is 80.7 cm³/mol. The van der Waals surface area contributed by atoms with Crippen LogP contribution in [0.4, 0.5) is 0 Å².